The summed E-state index contributed by atoms with van der Waals surface area (Å²) in [5.74, 6) is -0.243. The molecular formula is C13H12Cl2FNS. The molecule has 96 valence electrons. The maximum absolute atomic E-state index is 13.7. The molecule has 18 heavy (non-hydrogen) atoms. The molecule has 0 aliphatic rings. The summed E-state index contributed by atoms with van der Waals surface area (Å²) in [4.78, 5) is 1.01. The van der Waals surface area contributed by atoms with Crippen LogP contribution in [0.4, 0.5) is 4.39 Å². The third kappa shape index (κ3) is 3.04. The van der Waals surface area contributed by atoms with E-state index >= 15 is 0 Å². The van der Waals surface area contributed by atoms with Gasteiger partial charge in [-0.25, -0.2) is 4.39 Å². The van der Waals surface area contributed by atoms with Gasteiger partial charge in [-0.3, -0.25) is 0 Å². The molecule has 0 saturated carbocycles. The van der Waals surface area contributed by atoms with E-state index in [1.165, 1.54) is 6.07 Å². The summed E-state index contributed by atoms with van der Waals surface area (Å²) in [6, 6.07) is 6.43. The van der Waals surface area contributed by atoms with E-state index in [9.17, 15) is 4.39 Å². The van der Waals surface area contributed by atoms with Crippen LogP contribution in [-0.4, -0.2) is 7.05 Å². The Kier molecular flexibility index (Phi) is 4.62. The Morgan fingerprint density at radius 2 is 2.11 bits per heavy atom. The first-order chi connectivity index (χ1) is 8.61. The van der Waals surface area contributed by atoms with Crippen molar-refractivity contribution in [3.8, 4) is 0 Å². The van der Waals surface area contributed by atoms with Gasteiger partial charge in [0.05, 0.1) is 5.02 Å². The van der Waals surface area contributed by atoms with Crippen molar-refractivity contribution < 1.29 is 4.39 Å². The van der Waals surface area contributed by atoms with Gasteiger partial charge in [-0.15, -0.1) is 11.3 Å². The van der Waals surface area contributed by atoms with Crippen molar-refractivity contribution in [2.75, 3.05) is 7.05 Å². The Morgan fingerprint density at radius 1 is 1.33 bits per heavy atom. The number of rotatable bonds is 4. The molecule has 0 amide bonds. The SMILES string of the molecule is CNC(Cc1cc(Cl)ccc1F)c1sccc1Cl. The third-order valence-electron chi connectivity index (χ3n) is 2.74. The van der Waals surface area contributed by atoms with Crippen LogP contribution in [0.15, 0.2) is 29.6 Å². The summed E-state index contributed by atoms with van der Waals surface area (Å²) >= 11 is 13.6. The summed E-state index contributed by atoms with van der Waals surface area (Å²) < 4.78 is 13.7. The molecule has 1 nitrogen and oxygen atoms in total. The normalized spacial score (nSPS) is 12.7. The molecule has 1 aromatic heterocycles. The zero-order valence-electron chi connectivity index (χ0n) is 9.71. The zero-order chi connectivity index (χ0) is 13.1. The van der Waals surface area contributed by atoms with E-state index < -0.39 is 0 Å². The van der Waals surface area contributed by atoms with Crippen LogP contribution in [-0.2, 0) is 6.42 Å². The van der Waals surface area contributed by atoms with Gasteiger partial charge in [0.2, 0.25) is 0 Å². The zero-order valence-corrected chi connectivity index (χ0v) is 12.0. The summed E-state index contributed by atoms with van der Waals surface area (Å²) in [6.07, 6.45) is 0.517. The van der Waals surface area contributed by atoms with Crippen LogP contribution in [0, 0.1) is 5.82 Å². The van der Waals surface area contributed by atoms with Crippen LogP contribution in [0.2, 0.25) is 10.0 Å². The third-order valence-corrected chi connectivity index (χ3v) is 4.45. The number of nitrogens with one attached hydrogen (secondary N) is 1. The second-order valence-electron chi connectivity index (χ2n) is 3.91. The maximum Gasteiger partial charge on any atom is 0.126 e. The van der Waals surface area contributed by atoms with Crippen molar-refractivity contribution in [3.05, 3.63) is 55.9 Å². The highest BCUT2D eigenvalue weighted by Crippen LogP contribution is 2.31. The average Bonchev–Trinajstić information content (AvgIpc) is 2.77. The molecule has 1 atom stereocenters. The molecule has 0 radical (unpaired) electrons. The van der Waals surface area contributed by atoms with Crippen molar-refractivity contribution in [3.63, 3.8) is 0 Å². The van der Waals surface area contributed by atoms with Gasteiger partial charge in [-0.05, 0) is 48.7 Å². The van der Waals surface area contributed by atoms with Crippen LogP contribution >= 0.6 is 34.5 Å². The van der Waals surface area contributed by atoms with Gasteiger partial charge in [0.1, 0.15) is 5.82 Å². The van der Waals surface area contributed by atoms with E-state index in [0.29, 0.717) is 22.0 Å². The first-order valence-corrected chi connectivity index (χ1v) is 7.09. The lowest BCUT2D eigenvalue weighted by Gasteiger charge is -2.16. The fourth-order valence-corrected chi connectivity index (χ4v) is 3.29. The number of hydrogen-bond donors (Lipinski definition) is 1. The first-order valence-electron chi connectivity index (χ1n) is 5.46. The number of hydrogen-bond acceptors (Lipinski definition) is 2. The molecule has 2 rings (SSSR count). The molecule has 1 aromatic carbocycles. The van der Waals surface area contributed by atoms with E-state index in [1.807, 2.05) is 18.5 Å². The fraction of sp³-hybridized carbons (Fsp3) is 0.231. The highest BCUT2D eigenvalue weighted by atomic mass is 35.5. The summed E-state index contributed by atoms with van der Waals surface area (Å²) in [5, 5.41) is 6.33. The van der Waals surface area contributed by atoms with E-state index in [1.54, 1.807) is 23.5 Å². The van der Waals surface area contributed by atoms with Gasteiger partial charge >= 0.3 is 0 Å². The highest BCUT2D eigenvalue weighted by molar-refractivity contribution is 7.10. The monoisotopic (exact) mass is 303 g/mol. The van der Waals surface area contributed by atoms with Crippen LogP contribution in [0.1, 0.15) is 16.5 Å². The second kappa shape index (κ2) is 6.02. The quantitative estimate of drug-likeness (QED) is 0.863. The van der Waals surface area contributed by atoms with Gasteiger partial charge in [-0.1, -0.05) is 23.2 Å². The van der Waals surface area contributed by atoms with Crippen LogP contribution < -0.4 is 5.32 Å². The number of likely N-dealkylation sites (N-methyl/N-ethyl adjacent to an activating group) is 1. The van der Waals surface area contributed by atoms with E-state index in [2.05, 4.69) is 5.32 Å². The van der Waals surface area contributed by atoms with Gasteiger partial charge in [0, 0.05) is 15.9 Å². The molecular weight excluding hydrogens is 292 g/mol. The van der Waals surface area contributed by atoms with E-state index in [-0.39, 0.29) is 11.9 Å². The Morgan fingerprint density at radius 3 is 2.72 bits per heavy atom. The number of thiophene rings is 1. The Bertz CT molecular complexity index is 542. The fourth-order valence-electron chi connectivity index (χ4n) is 1.80. The molecule has 0 saturated heterocycles. The minimum Gasteiger partial charge on any atom is -0.312 e. The van der Waals surface area contributed by atoms with Crippen molar-refractivity contribution in [2.45, 2.75) is 12.5 Å². The molecule has 2 aromatic rings. The van der Waals surface area contributed by atoms with Crippen LogP contribution in [0.5, 0.6) is 0 Å². The highest BCUT2D eigenvalue weighted by Gasteiger charge is 2.17. The van der Waals surface area contributed by atoms with E-state index in [0.717, 1.165) is 4.88 Å². The Hall–Kier alpha value is -0.610. The van der Waals surface area contributed by atoms with Crippen molar-refractivity contribution in [1.29, 1.82) is 0 Å². The van der Waals surface area contributed by atoms with Crippen LogP contribution in [0.3, 0.4) is 0 Å². The van der Waals surface area contributed by atoms with E-state index in [4.69, 9.17) is 23.2 Å². The molecule has 0 aliphatic carbocycles. The smallest absolute Gasteiger partial charge is 0.126 e. The standard InChI is InChI=1S/C13H12Cl2FNS/c1-17-12(13-10(15)4-5-18-13)7-8-6-9(14)2-3-11(8)16/h2-6,12,17H,7H2,1H3. The van der Waals surface area contributed by atoms with Crippen molar-refractivity contribution >= 4 is 34.5 Å². The lowest BCUT2D eigenvalue weighted by molar-refractivity contribution is 0.560. The number of benzene rings is 1. The molecule has 1 N–H and O–H groups in total. The predicted octanol–water partition coefficient (Wildman–Crippen LogP) is 4.70. The Balaban J connectivity index is 2.26. The first kappa shape index (κ1) is 13.8. The molecule has 0 aliphatic heterocycles. The largest absolute Gasteiger partial charge is 0.312 e. The Labute approximate surface area is 120 Å². The number of halogens is 3. The molecule has 0 spiro atoms. The molecule has 1 heterocycles. The molecule has 0 bridgehead atoms. The van der Waals surface area contributed by atoms with Gasteiger partial charge in [-0.2, -0.15) is 0 Å². The molecule has 1 unspecified atom stereocenters. The minimum atomic E-state index is -0.243. The molecule has 0 fully saturated rings. The predicted molar refractivity (Wildman–Crippen MR) is 76.2 cm³/mol. The lowest BCUT2D eigenvalue weighted by Crippen LogP contribution is -2.18. The van der Waals surface area contributed by atoms with Crippen molar-refractivity contribution in [1.82, 2.24) is 5.32 Å². The van der Waals surface area contributed by atoms with Crippen molar-refractivity contribution in [2.24, 2.45) is 0 Å². The molecule has 5 heteroatoms. The van der Waals surface area contributed by atoms with Gasteiger partial charge in [0.25, 0.3) is 0 Å². The van der Waals surface area contributed by atoms with Gasteiger partial charge in [0.15, 0.2) is 0 Å². The summed E-state index contributed by atoms with van der Waals surface area (Å²) in [7, 11) is 1.84. The van der Waals surface area contributed by atoms with Gasteiger partial charge < -0.3 is 5.32 Å². The second-order valence-corrected chi connectivity index (χ2v) is 5.71. The summed E-state index contributed by atoms with van der Waals surface area (Å²) in [5.41, 5.74) is 0.589. The summed E-state index contributed by atoms with van der Waals surface area (Å²) in [6.45, 7) is 0. The van der Waals surface area contributed by atoms with Crippen LogP contribution in [0.25, 0.3) is 0 Å². The lowest BCUT2D eigenvalue weighted by atomic mass is 10.0. The maximum atomic E-state index is 13.7. The topological polar surface area (TPSA) is 12.0 Å². The minimum absolute atomic E-state index is 0.00883. The average molecular weight is 304 g/mol.